The maximum Gasteiger partial charge on any atom is 0.255 e. The average Bonchev–Trinajstić information content (AvgIpc) is 3.05. The molecule has 5 rings (SSSR count). The van der Waals surface area contributed by atoms with Crippen LogP contribution < -0.4 is 5.32 Å². The van der Waals surface area contributed by atoms with E-state index < -0.39 is 0 Å². The Labute approximate surface area is 168 Å². The van der Waals surface area contributed by atoms with E-state index in [0.717, 1.165) is 27.8 Å². The highest BCUT2D eigenvalue weighted by molar-refractivity contribution is 6.00. The van der Waals surface area contributed by atoms with Crippen LogP contribution in [0.4, 0.5) is 11.4 Å². The summed E-state index contributed by atoms with van der Waals surface area (Å²) in [6.45, 7) is 2.94. The molecule has 1 aliphatic rings. The number of nitriles is 1. The Balaban J connectivity index is 1.50. The van der Waals surface area contributed by atoms with E-state index in [1.807, 2.05) is 31.2 Å². The molecule has 0 radical (unpaired) electrons. The molecule has 2 aromatic carbocycles. The molecule has 4 aromatic rings. The predicted octanol–water partition coefficient (Wildman–Crippen LogP) is 4.14. The number of benzene rings is 2. The fourth-order valence-corrected chi connectivity index (χ4v) is 3.89. The zero-order chi connectivity index (χ0) is 20.0. The van der Waals surface area contributed by atoms with Gasteiger partial charge in [0.2, 0.25) is 0 Å². The number of nitrogens with one attached hydrogen (secondary N) is 1. The van der Waals surface area contributed by atoms with E-state index in [4.69, 9.17) is 5.26 Å². The maximum atomic E-state index is 12.8. The van der Waals surface area contributed by atoms with Crippen LogP contribution in [0.25, 0.3) is 16.3 Å². The van der Waals surface area contributed by atoms with Gasteiger partial charge in [0, 0.05) is 31.2 Å². The maximum absolute atomic E-state index is 12.8. The summed E-state index contributed by atoms with van der Waals surface area (Å²) in [5, 5.41) is 19.2. The van der Waals surface area contributed by atoms with Crippen molar-refractivity contribution in [2.75, 3.05) is 18.4 Å². The van der Waals surface area contributed by atoms with Crippen LogP contribution in [0.1, 0.15) is 15.9 Å². The molecule has 0 bridgehead atoms. The first-order valence-electron chi connectivity index (χ1n) is 9.56. The minimum atomic E-state index is -0.0560. The number of hydrogen-bond donors (Lipinski definition) is 1. The van der Waals surface area contributed by atoms with Crippen LogP contribution in [0.2, 0.25) is 0 Å². The van der Waals surface area contributed by atoms with Crippen molar-refractivity contribution in [3.05, 3.63) is 72.1 Å². The largest absolute Gasteiger partial charge is 0.354 e. The average molecular weight is 381 g/mol. The molecule has 6 nitrogen and oxygen atoms in total. The van der Waals surface area contributed by atoms with Crippen molar-refractivity contribution in [1.82, 2.24) is 14.5 Å². The van der Waals surface area contributed by atoms with Gasteiger partial charge in [-0.05, 0) is 41.5 Å². The summed E-state index contributed by atoms with van der Waals surface area (Å²) in [4.78, 5) is 14.6. The molecule has 0 atom stereocenters. The molecule has 0 aliphatic carbocycles. The molecular weight excluding hydrogens is 362 g/mol. The lowest BCUT2D eigenvalue weighted by molar-refractivity contribution is 0.0576. The molecule has 1 N–H and O–H groups in total. The van der Waals surface area contributed by atoms with Gasteiger partial charge in [-0.15, -0.1) is 0 Å². The van der Waals surface area contributed by atoms with Crippen LogP contribution >= 0.6 is 0 Å². The molecule has 3 heterocycles. The third-order valence-corrected chi connectivity index (χ3v) is 5.54. The monoisotopic (exact) mass is 381 g/mol. The Morgan fingerprint density at radius 3 is 2.76 bits per heavy atom. The Kier molecular flexibility index (Phi) is 3.95. The molecule has 1 fully saturated rings. The predicted molar refractivity (Wildman–Crippen MR) is 112 cm³/mol. The quantitative estimate of drug-likeness (QED) is 0.579. The van der Waals surface area contributed by atoms with Gasteiger partial charge in [-0.25, -0.2) is 4.52 Å². The van der Waals surface area contributed by atoms with Crippen molar-refractivity contribution in [2.45, 2.75) is 6.92 Å². The summed E-state index contributed by atoms with van der Waals surface area (Å²) in [6.07, 6.45) is 3.50. The minimum Gasteiger partial charge on any atom is -0.354 e. The van der Waals surface area contributed by atoms with Crippen molar-refractivity contribution in [1.29, 1.82) is 5.26 Å². The first kappa shape index (κ1) is 17.3. The zero-order valence-electron chi connectivity index (χ0n) is 16.0. The molecular formula is C23H19N5O. The van der Waals surface area contributed by atoms with Gasteiger partial charge in [0.05, 0.1) is 28.8 Å². The third kappa shape index (κ3) is 2.88. The normalized spacial score (nSPS) is 14.0. The first-order valence-corrected chi connectivity index (χ1v) is 9.56. The molecule has 29 heavy (non-hydrogen) atoms. The molecule has 1 saturated heterocycles. The second kappa shape index (κ2) is 6.64. The number of likely N-dealkylation sites (tertiary alicyclic amines) is 1. The van der Waals surface area contributed by atoms with Gasteiger partial charge in [0.15, 0.2) is 0 Å². The van der Waals surface area contributed by atoms with Gasteiger partial charge in [-0.2, -0.15) is 10.4 Å². The fourth-order valence-electron chi connectivity index (χ4n) is 3.89. The second-order valence-corrected chi connectivity index (χ2v) is 7.43. The summed E-state index contributed by atoms with van der Waals surface area (Å²) in [6, 6.07) is 18.6. The number of hydrogen-bond acceptors (Lipinski definition) is 4. The lowest BCUT2D eigenvalue weighted by Gasteiger charge is -2.35. The van der Waals surface area contributed by atoms with Crippen LogP contribution in [-0.4, -0.2) is 33.5 Å². The second-order valence-electron chi connectivity index (χ2n) is 7.43. The van der Waals surface area contributed by atoms with Gasteiger partial charge >= 0.3 is 0 Å². The van der Waals surface area contributed by atoms with Crippen molar-refractivity contribution < 1.29 is 4.79 Å². The Hall–Kier alpha value is -3.85. The van der Waals surface area contributed by atoms with Crippen LogP contribution in [0.5, 0.6) is 0 Å². The zero-order valence-corrected chi connectivity index (χ0v) is 16.0. The molecule has 142 valence electrons. The fraction of sp³-hybridized carbons (Fsp3) is 0.174. The molecule has 0 unspecified atom stereocenters. The van der Waals surface area contributed by atoms with E-state index >= 15 is 0 Å². The summed E-state index contributed by atoms with van der Waals surface area (Å²) in [5.74, 6) is -0.101. The van der Waals surface area contributed by atoms with Crippen molar-refractivity contribution in [2.24, 2.45) is 5.92 Å². The molecule has 0 saturated carbocycles. The lowest BCUT2D eigenvalue weighted by atomic mass is 10.0. The van der Waals surface area contributed by atoms with Crippen LogP contribution in [-0.2, 0) is 0 Å². The standard InChI is InChI=1S/C23H19N5O/c1-15-20(23(29)27-12-16(11-24)13-27)14-28-22(15)21(8-9-25-28)26-19-7-6-17-4-2-3-5-18(17)10-19/h2-10,14,16,26H,12-13H2,1H3. The number of rotatable bonds is 3. The summed E-state index contributed by atoms with van der Waals surface area (Å²) >= 11 is 0. The smallest absolute Gasteiger partial charge is 0.255 e. The van der Waals surface area contributed by atoms with E-state index in [0.29, 0.717) is 18.7 Å². The van der Waals surface area contributed by atoms with Crippen molar-refractivity contribution >= 4 is 33.6 Å². The molecule has 2 aromatic heterocycles. The molecule has 0 spiro atoms. The van der Waals surface area contributed by atoms with E-state index in [-0.39, 0.29) is 11.8 Å². The summed E-state index contributed by atoms with van der Waals surface area (Å²) < 4.78 is 1.74. The molecule has 1 amide bonds. The molecule has 6 heteroatoms. The van der Waals surface area contributed by atoms with Crippen molar-refractivity contribution in [3.63, 3.8) is 0 Å². The van der Waals surface area contributed by atoms with Gasteiger partial charge in [0.25, 0.3) is 5.91 Å². The molecule has 1 aliphatic heterocycles. The number of nitrogens with zero attached hydrogens (tertiary/aromatic N) is 4. The van der Waals surface area contributed by atoms with Crippen LogP contribution in [0.15, 0.2) is 60.9 Å². The Morgan fingerprint density at radius 2 is 1.97 bits per heavy atom. The summed E-state index contributed by atoms with van der Waals surface area (Å²) in [5.41, 5.74) is 4.25. The number of anilines is 2. The van der Waals surface area contributed by atoms with Gasteiger partial charge in [-0.3, -0.25) is 4.79 Å². The van der Waals surface area contributed by atoms with E-state index in [1.165, 1.54) is 5.39 Å². The first-order chi connectivity index (χ1) is 14.1. The van der Waals surface area contributed by atoms with Gasteiger partial charge in [-0.1, -0.05) is 30.3 Å². The Morgan fingerprint density at radius 1 is 1.17 bits per heavy atom. The highest BCUT2D eigenvalue weighted by Crippen LogP contribution is 2.30. The lowest BCUT2D eigenvalue weighted by Crippen LogP contribution is -2.49. The number of aryl methyl sites for hydroxylation is 1. The summed E-state index contributed by atoms with van der Waals surface area (Å²) in [7, 11) is 0. The van der Waals surface area contributed by atoms with Crippen LogP contribution in [0, 0.1) is 24.2 Å². The third-order valence-electron chi connectivity index (χ3n) is 5.54. The van der Waals surface area contributed by atoms with Gasteiger partial charge < -0.3 is 10.2 Å². The Bertz CT molecular complexity index is 1290. The number of fused-ring (bicyclic) bond motifs is 2. The number of carbonyl (C=O) groups excluding carboxylic acids is 1. The van der Waals surface area contributed by atoms with Crippen LogP contribution in [0.3, 0.4) is 0 Å². The van der Waals surface area contributed by atoms with E-state index in [1.54, 1.807) is 21.8 Å². The topological polar surface area (TPSA) is 73.4 Å². The number of amides is 1. The van der Waals surface area contributed by atoms with E-state index in [9.17, 15) is 4.79 Å². The number of carbonyl (C=O) groups is 1. The SMILES string of the molecule is Cc1c(C(=O)N2CC(C#N)C2)cn2nccc(Nc3ccc4ccccc4c3)c12. The number of aromatic nitrogens is 2. The highest BCUT2D eigenvalue weighted by Gasteiger charge is 2.32. The van der Waals surface area contributed by atoms with E-state index in [2.05, 4.69) is 40.8 Å². The van der Waals surface area contributed by atoms with Crippen molar-refractivity contribution in [3.8, 4) is 6.07 Å². The highest BCUT2D eigenvalue weighted by atomic mass is 16.2. The minimum absolute atomic E-state index is 0.0452. The van der Waals surface area contributed by atoms with Gasteiger partial charge in [0.1, 0.15) is 0 Å².